The van der Waals surface area contributed by atoms with Crippen molar-refractivity contribution in [2.75, 3.05) is 0 Å². The summed E-state index contributed by atoms with van der Waals surface area (Å²) in [7, 11) is 0. The molecule has 0 amide bonds. The minimum atomic E-state index is 0. The minimum Gasteiger partial charge on any atom is -0.0622 e. The first-order valence-electron chi connectivity index (χ1n) is 8.89. The summed E-state index contributed by atoms with van der Waals surface area (Å²) in [4.78, 5) is 0. The van der Waals surface area contributed by atoms with Crippen molar-refractivity contribution in [1.82, 2.24) is 0 Å². The summed E-state index contributed by atoms with van der Waals surface area (Å²) in [5.74, 6) is 0. The maximum absolute atomic E-state index is 2.19. The average Bonchev–Trinajstić information content (AvgIpc) is 2.74. The summed E-state index contributed by atoms with van der Waals surface area (Å²) in [5.41, 5.74) is 7.40. The van der Waals surface area contributed by atoms with Crippen LogP contribution in [0.2, 0.25) is 0 Å². The molecule has 0 aliphatic heterocycles. The Hall–Kier alpha value is -2.38. The van der Waals surface area contributed by atoms with Crippen LogP contribution in [0.4, 0.5) is 0 Å². The van der Waals surface area contributed by atoms with E-state index in [1.807, 2.05) is 0 Å². The molecule has 4 aromatic rings. The third kappa shape index (κ3) is 4.48. The predicted molar refractivity (Wildman–Crippen MR) is 118 cm³/mol. The topological polar surface area (TPSA) is 0 Å². The smallest absolute Gasteiger partial charge is 0.00268 e. The third-order valence-corrected chi connectivity index (χ3v) is 4.50. The van der Waals surface area contributed by atoms with Gasteiger partial charge in [0.2, 0.25) is 0 Å². The van der Waals surface area contributed by atoms with Gasteiger partial charge in [-0.15, -0.1) is 0 Å². The van der Waals surface area contributed by atoms with Crippen molar-refractivity contribution in [1.29, 1.82) is 0 Å². The first-order chi connectivity index (χ1) is 12.9. The average molecular weight is 356 g/mol. The van der Waals surface area contributed by atoms with Gasteiger partial charge in [0.1, 0.15) is 0 Å². The molecule has 0 N–H and O–H groups in total. The Morgan fingerprint density at radius 1 is 0.296 bits per heavy atom. The molecular weight excluding hydrogens is 335 g/mol. The first-order valence-corrected chi connectivity index (χ1v) is 8.89. The standard InChI is InChI=1S/C26H20.Na.H/c1-5-13-21(14-6-1)25(22-15-7-2-8-16-22)26(23-17-9-3-10-18-23)24-19-11-4-12-20-24;;/h1-20H;;. The Bertz CT molecular complexity index is 821. The largest absolute Gasteiger partial charge is 0.0622 e. The van der Waals surface area contributed by atoms with Gasteiger partial charge >= 0.3 is 29.6 Å². The fraction of sp³-hybridized carbons (Fsp3) is 0. The van der Waals surface area contributed by atoms with E-state index in [4.69, 9.17) is 0 Å². The zero-order chi connectivity index (χ0) is 17.6. The van der Waals surface area contributed by atoms with Crippen LogP contribution in [0.15, 0.2) is 121 Å². The van der Waals surface area contributed by atoms with Gasteiger partial charge in [0.15, 0.2) is 0 Å². The maximum atomic E-state index is 2.19. The molecule has 27 heavy (non-hydrogen) atoms. The van der Waals surface area contributed by atoms with E-state index >= 15 is 0 Å². The van der Waals surface area contributed by atoms with Gasteiger partial charge in [-0.2, -0.15) is 0 Å². The molecule has 126 valence electrons. The van der Waals surface area contributed by atoms with Gasteiger partial charge in [0, 0.05) is 0 Å². The van der Waals surface area contributed by atoms with Crippen molar-refractivity contribution < 1.29 is 0 Å². The van der Waals surface area contributed by atoms with Crippen LogP contribution in [0.25, 0.3) is 11.1 Å². The SMILES string of the molecule is [NaH].c1ccc(C(=C(c2ccccc2)c2ccccc2)c2ccccc2)cc1. The molecular formula is C26H21Na. The van der Waals surface area contributed by atoms with Crippen molar-refractivity contribution in [3.63, 3.8) is 0 Å². The number of hydrogen-bond acceptors (Lipinski definition) is 0. The van der Waals surface area contributed by atoms with E-state index in [2.05, 4.69) is 121 Å². The molecule has 0 fully saturated rings. The first kappa shape index (κ1) is 19.4. The number of hydrogen-bond donors (Lipinski definition) is 0. The fourth-order valence-electron chi connectivity index (χ4n) is 3.33. The van der Waals surface area contributed by atoms with Crippen LogP contribution in [0, 0.1) is 0 Å². The van der Waals surface area contributed by atoms with Crippen LogP contribution in [-0.2, 0) is 0 Å². The molecule has 4 aromatic carbocycles. The van der Waals surface area contributed by atoms with Crippen molar-refractivity contribution >= 4 is 40.7 Å². The van der Waals surface area contributed by atoms with Crippen molar-refractivity contribution in [2.24, 2.45) is 0 Å². The fourth-order valence-corrected chi connectivity index (χ4v) is 3.33. The van der Waals surface area contributed by atoms with Crippen molar-refractivity contribution in [3.8, 4) is 0 Å². The second kappa shape index (κ2) is 9.53. The van der Waals surface area contributed by atoms with Gasteiger partial charge in [-0.05, 0) is 33.4 Å². The molecule has 1 heteroatoms. The third-order valence-electron chi connectivity index (χ3n) is 4.50. The van der Waals surface area contributed by atoms with Gasteiger partial charge in [0.25, 0.3) is 0 Å². The molecule has 0 saturated heterocycles. The summed E-state index contributed by atoms with van der Waals surface area (Å²) in [5, 5.41) is 0. The predicted octanol–water partition coefficient (Wildman–Crippen LogP) is 6.05. The van der Waals surface area contributed by atoms with E-state index in [1.165, 1.54) is 33.4 Å². The summed E-state index contributed by atoms with van der Waals surface area (Å²) in [6.45, 7) is 0. The molecule has 0 aliphatic rings. The summed E-state index contributed by atoms with van der Waals surface area (Å²) in [6.07, 6.45) is 0. The molecule has 0 aliphatic carbocycles. The van der Waals surface area contributed by atoms with Crippen LogP contribution < -0.4 is 0 Å². The molecule has 0 radical (unpaired) electrons. The Morgan fingerprint density at radius 2 is 0.481 bits per heavy atom. The summed E-state index contributed by atoms with van der Waals surface area (Å²) >= 11 is 0. The maximum Gasteiger partial charge on any atom is -0.00268 e. The molecule has 0 saturated carbocycles. The van der Waals surface area contributed by atoms with Gasteiger partial charge in [-0.1, -0.05) is 121 Å². The summed E-state index contributed by atoms with van der Waals surface area (Å²) in [6, 6.07) is 42.6. The molecule has 0 unspecified atom stereocenters. The zero-order valence-corrected chi connectivity index (χ0v) is 14.5. The summed E-state index contributed by atoms with van der Waals surface area (Å²) < 4.78 is 0. The van der Waals surface area contributed by atoms with Crippen LogP contribution in [0.1, 0.15) is 22.3 Å². The van der Waals surface area contributed by atoms with Crippen LogP contribution in [0.5, 0.6) is 0 Å². The van der Waals surface area contributed by atoms with Gasteiger partial charge < -0.3 is 0 Å². The minimum absolute atomic E-state index is 0. The number of rotatable bonds is 4. The van der Waals surface area contributed by atoms with Crippen LogP contribution in [-0.4, -0.2) is 29.6 Å². The van der Waals surface area contributed by atoms with Gasteiger partial charge in [-0.3, -0.25) is 0 Å². The Morgan fingerprint density at radius 3 is 0.667 bits per heavy atom. The monoisotopic (exact) mass is 356 g/mol. The molecule has 0 aromatic heterocycles. The molecule has 4 rings (SSSR count). The van der Waals surface area contributed by atoms with E-state index in [1.54, 1.807) is 0 Å². The molecule has 0 nitrogen and oxygen atoms in total. The van der Waals surface area contributed by atoms with Crippen LogP contribution >= 0.6 is 0 Å². The quantitative estimate of drug-likeness (QED) is 0.309. The second-order valence-corrected chi connectivity index (χ2v) is 6.21. The molecule has 0 atom stereocenters. The van der Waals surface area contributed by atoms with E-state index in [0.29, 0.717) is 0 Å². The molecule has 0 spiro atoms. The number of benzene rings is 4. The molecule has 0 bridgehead atoms. The van der Waals surface area contributed by atoms with E-state index in [9.17, 15) is 0 Å². The second-order valence-electron chi connectivity index (χ2n) is 6.21. The van der Waals surface area contributed by atoms with Crippen molar-refractivity contribution in [3.05, 3.63) is 144 Å². The van der Waals surface area contributed by atoms with Gasteiger partial charge in [0.05, 0.1) is 0 Å². The van der Waals surface area contributed by atoms with Gasteiger partial charge in [-0.25, -0.2) is 0 Å². The molecule has 0 heterocycles. The normalized spacial score (nSPS) is 9.93. The van der Waals surface area contributed by atoms with E-state index < -0.39 is 0 Å². The Kier molecular flexibility index (Phi) is 6.84. The zero-order valence-electron chi connectivity index (χ0n) is 14.5. The van der Waals surface area contributed by atoms with Crippen molar-refractivity contribution in [2.45, 2.75) is 0 Å². The van der Waals surface area contributed by atoms with E-state index in [0.717, 1.165) is 0 Å². The Balaban J connectivity index is 0.00000210. The van der Waals surface area contributed by atoms with E-state index in [-0.39, 0.29) is 29.6 Å². The van der Waals surface area contributed by atoms with Crippen LogP contribution in [0.3, 0.4) is 0 Å². The Labute approximate surface area is 183 Å².